The topological polar surface area (TPSA) is 39.4 Å². The van der Waals surface area contributed by atoms with Crippen LogP contribution in [0.5, 0.6) is 5.75 Å². The minimum absolute atomic E-state index is 0.0929. The molecule has 1 aromatic carbocycles. The molecular formula is C21H19F2N3O. The number of benzene rings is 1. The lowest BCUT2D eigenvalue weighted by Gasteiger charge is -2.17. The molecule has 0 atom stereocenters. The zero-order chi connectivity index (χ0) is 18.9. The fourth-order valence-corrected chi connectivity index (χ4v) is 3.12. The monoisotopic (exact) mass is 367 g/mol. The third kappa shape index (κ3) is 3.60. The molecule has 0 saturated carbocycles. The highest BCUT2D eigenvalue weighted by molar-refractivity contribution is 5.80. The maximum absolute atomic E-state index is 13.9. The Labute approximate surface area is 155 Å². The van der Waals surface area contributed by atoms with Gasteiger partial charge in [0.1, 0.15) is 24.4 Å². The quantitative estimate of drug-likeness (QED) is 0.625. The van der Waals surface area contributed by atoms with Crippen molar-refractivity contribution >= 4 is 5.52 Å². The summed E-state index contributed by atoms with van der Waals surface area (Å²) >= 11 is 0. The lowest BCUT2D eigenvalue weighted by atomic mass is 10.0. The lowest BCUT2D eigenvalue weighted by Crippen LogP contribution is -2.09. The minimum Gasteiger partial charge on any atom is -0.488 e. The number of rotatable bonds is 5. The molecule has 4 rings (SSSR count). The van der Waals surface area contributed by atoms with Gasteiger partial charge in [-0.25, -0.2) is 8.78 Å². The van der Waals surface area contributed by atoms with E-state index in [9.17, 15) is 8.78 Å². The molecule has 0 saturated heterocycles. The van der Waals surface area contributed by atoms with E-state index < -0.39 is 5.92 Å². The van der Waals surface area contributed by atoms with Gasteiger partial charge in [-0.1, -0.05) is 24.3 Å². The van der Waals surface area contributed by atoms with Gasteiger partial charge in [0.15, 0.2) is 0 Å². The zero-order valence-corrected chi connectivity index (χ0v) is 14.9. The fourth-order valence-electron chi connectivity index (χ4n) is 3.12. The number of halogens is 2. The van der Waals surface area contributed by atoms with E-state index in [4.69, 9.17) is 4.74 Å². The van der Waals surface area contributed by atoms with Gasteiger partial charge >= 0.3 is 0 Å². The van der Waals surface area contributed by atoms with Crippen molar-refractivity contribution in [2.75, 3.05) is 6.61 Å². The highest BCUT2D eigenvalue weighted by atomic mass is 19.3. The van der Waals surface area contributed by atoms with Gasteiger partial charge in [-0.2, -0.15) is 0 Å². The third-order valence-electron chi connectivity index (χ3n) is 4.57. The summed E-state index contributed by atoms with van der Waals surface area (Å²) < 4.78 is 35.5. The summed E-state index contributed by atoms with van der Waals surface area (Å²) in [4.78, 5) is 0. The van der Waals surface area contributed by atoms with Gasteiger partial charge in [0.25, 0.3) is 5.92 Å². The molecule has 0 unspecified atom stereocenters. The van der Waals surface area contributed by atoms with Crippen LogP contribution in [-0.4, -0.2) is 21.2 Å². The van der Waals surface area contributed by atoms with E-state index in [-0.39, 0.29) is 5.56 Å². The Hall–Kier alpha value is -3.02. The molecule has 2 heterocycles. The number of hydrogen-bond acceptors (Lipinski definition) is 3. The van der Waals surface area contributed by atoms with Crippen molar-refractivity contribution in [3.8, 4) is 17.0 Å². The SMILES string of the molecule is CC(F)(F)c1ccc(-c2nncn3cccc23)c(OCC2=CCCC=C2)c1. The Morgan fingerprint density at radius 3 is 2.89 bits per heavy atom. The van der Waals surface area contributed by atoms with Gasteiger partial charge in [-0.05, 0) is 42.7 Å². The molecule has 27 heavy (non-hydrogen) atoms. The lowest BCUT2D eigenvalue weighted by molar-refractivity contribution is 0.0172. The number of aromatic nitrogens is 3. The first kappa shape index (κ1) is 17.4. The molecule has 3 aromatic rings. The van der Waals surface area contributed by atoms with Crippen molar-refractivity contribution in [3.05, 3.63) is 72.2 Å². The Bertz CT molecular complexity index is 1030. The maximum atomic E-state index is 13.9. The third-order valence-corrected chi connectivity index (χ3v) is 4.57. The summed E-state index contributed by atoms with van der Waals surface area (Å²) in [6.45, 7) is 1.20. The van der Waals surface area contributed by atoms with Crippen molar-refractivity contribution in [2.24, 2.45) is 0 Å². The summed E-state index contributed by atoms with van der Waals surface area (Å²) in [7, 11) is 0. The number of hydrogen-bond donors (Lipinski definition) is 0. The Kier molecular flexibility index (Phi) is 4.48. The molecule has 0 radical (unpaired) electrons. The Morgan fingerprint density at radius 2 is 2.11 bits per heavy atom. The summed E-state index contributed by atoms with van der Waals surface area (Å²) in [5.74, 6) is -2.58. The van der Waals surface area contributed by atoms with Crippen LogP contribution < -0.4 is 4.74 Å². The molecule has 1 aliphatic rings. The first-order valence-corrected chi connectivity index (χ1v) is 8.82. The van der Waals surface area contributed by atoms with E-state index in [1.165, 1.54) is 12.1 Å². The van der Waals surface area contributed by atoms with E-state index in [2.05, 4.69) is 22.3 Å². The summed E-state index contributed by atoms with van der Waals surface area (Å²) in [5.41, 5.74) is 3.01. The van der Waals surface area contributed by atoms with E-state index in [0.29, 0.717) is 23.6 Å². The molecule has 0 aliphatic heterocycles. The van der Waals surface area contributed by atoms with Crippen molar-refractivity contribution in [2.45, 2.75) is 25.7 Å². The number of alkyl halides is 2. The van der Waals surface area contributed by atoms with E-state index in [1.807, 2.05) is 28.8 Å². The summed E-state index contributed by atoms with van der Waals surface area (Å²) in [6, 6.07) is 8.23. The van der Waals surface area contributed by atoms with Crippen LogP contribution in [-0.2, 0) is 5.92 Å². The summed E-state index contributed by atoms with van der Waals surface area (Å²) in [5, 5.41) is 8.24. The molecule has 138 valence electrons. The highest BCUT2D eigenvalue weighted by Gasteiger charge is 2.26. The van der Waals surface area contributed by atoms with Crippen molar-refractivity contribution in [1.29, 1.82) is 0 Å². The number of nitrogens with zero attached hydrogens (tertiary/aromatic N) is 3. The highest BCUT2D eigenvalue weighted by Crippen LogP contribution is 2.37. The van der Waals surface area contributed by atoms with E-state index in [0.717, 1.165) is 30.9 Å². The van der Waals surface area contributed by atoms with Crippen molar-refractivity contribution < 1.29 is 13.5 Å². The molecule has 6 heteroatoms. The standard InChI is InChI=1S/C21H19F2N3O/c1-21(22,23)16-9-10-17(20-18-8-5-11-26(18)14-24-25-20)19(12-16)27-13-15-6-3-2-4-7-15/h3,5-12,14H,2,4,13H2,1H3. The molecule has 1 aliphatic carbocycles. The zero-order valence-electron chi connectivity index (χ0n) is 14.9. The molecule has 0 fully saturated rings. The van der Waals surface area contributed by atoms with Gasteiger partial charge in [0, 0.05) is 24.2 Å². The molecule has 0 amide bonds. The van der Waals surface area contributed by atoms with Crippen molar-refractivity contribution in [3.63, 3.8) is 0 Å². The van der Waals surface area contributed by atoms with Gasteiger partial charge < -0.3 is 9.14 Å². The predicted octanol–water partition coefficient (Wildman–Crippen LogP) is 5.16. The largest absolute Gasteiger partial charge is 0.488 e. The van der Waals surface area contributed by atoms with Crippen LogP contribution in [0.15, 0.2) is 66.7 Å². The Balaban J connectivity index is 1.77. The first-order valence-electron chi connectivity index (χ1n) is 8.82. The van der Waals surface area contributed by atoms with E-state index in [1.54, 1.807) is 12.4 Å². The van der Waals surface area contributed by atoms with Gasteiger partial charge in [-0.3, -0.25) is 0 Å². The molecule has 4 nitrogen and oxygen atoms in total. The second kappa shape index (κ2) is 6.95. The fraction of sp³-hybridized carbons (Fsp3) is 0.238. The second-order valence-electron chi connectivity index (χ2n) is 6.63. The van der Waals surface area contributed by atoms with Crippen LogP contribution in [0.25, 0.3) is 16.8 Å². The molecule has 0 N–H and O–H groups in total. The van der Waals surface area contributed by atoms with Crippen LogP contribution in [0, 0.1) is 0 Å². The average molecular weight is 367 g/mol. The van der Waals surface area contributed by atoms with Crippen LogP contribution in [0.3, 0.4) is 0 Å². The first-order chi connectivity index (χ1) is 13.0. The van der Waals surface area contributed by atoms with Gasteiger partial charge in [0.2, 0.25) is 0 Å². The molecule has 0 bridgehead atoms. The molecule has 2 aromatic heterocycles. The van der Waals surface area contributed by atoms with Crippen LogP contribution in [0.1, 0.15) is 25.3 Å². The van der Waals surface area contributed by atoms with Gasteiger partial charge in [-0.15, -0.1) is 10.2 Å². The van der Waals surface area contributed by atoms with E-state index >= 15 is 0 Å². The number of allylic oxidation sites excluding steroid dienone is 2. The van der Waals surface area contributed by atoms with Crippen LogP contribution in [0.2, 0.25) is 0 Å². The predicted molar refractivity (Wildman–Crippen MR) is 99.9 cm³/mol. The number of ether oxygens (including phenoxy) is 1. The maximum Gasteiger partial charge on any atom is 0.270 e. The molecular weight excluding hydrogens is 348 g/mol. The van der Waals surface area contributed by atoms with Gasteiger partial charge in [0.05, 0.1) is 5.52 Å². The van der Waals surface area contributed by atoms with Crippen LogP contribution in [0.4, 0.5) is 8.78 Å². The number of fused-ring (bicyclic) bond motifs is 1. The minimum atomic E-state index is -2.95. The second-order valence-corrected chi connectivity index (χ2v) is 6.63. The normalized spacial score (nSPS) is 14.4. The average Bonchev–Trinajstić information content (AvgIpc) is 3.15. The Morgan fingerprint density at radius 1 is 1.22 bits per heavy atom. The van der Waals surface area contributed by atoms with Crippen molar-refractivity contribution in [1.82, 2.24) is 14.6 Å². The van der Waals surface area contributed by atoms with Crippen LogP contribution >= 0.6 is 0 Å². The smallest absolute Gasteiger partial charge is 0.270 e. The molecule has 0 spiro atoms. The summed E-state index contributed by atoms with van der Waals surface area (Å²) in [6.07, 6.45) is 11.6.